The van der Waals surface area contributed by atoms with Gasteiger partial charge in [0, 0.05) is 23.9 Å². The normalized spacial score (nSPS) is 10.6. The molecule has 5 nitrogen and oxygen atoms in total. The van der Waals surface area contributed by atoms with E-state index >= 15 is 0 Å². The number of nitrogens with one attached hydrogen (secondary N) is 1. The summed E-state index contributed by atoms with van der Waals surface area (Å²) in [6.45, 7) is 1.89. The number of aromatic amines is 1. The first-order valence-corrected chi connectivity index (χ1v) is 7.04. The summed E-state index contributed by atoms with van der Waals surface area (Å²) >= 11 is 0. The van der Waals surface area contributed by atoms with Crippen LogP contribution in [0, 0.1) is 6.92 Å². The van der Waals surface area contributed by atoms with E-state index in [0.29, 0.717) is 12.2 Å². The van der Waals surface area contributed by atoms with Gasteiger partial charge in [-0.05, 0) is 30.7 Å². The van der Waals surface area contributed by atoms with Crippen LogP contribution >= 0.6 is 0 Å². The highest BCUT2D eigenvalue weighted by Crippen LogP contribution is 2.20. The maximum atomic E-state index is 12.6. The van der Waals surface area contributed by atoms with Crippen molar-refractivity contribution in [3.8, 4) is 11.6 Å². The summed E-state index contributed by atoms with van der Waals surface area (Å²) in [6, 6.07) is 13.2. The maximum absolute atomic E-state index is 12.6. The van der Waals surface area contributed by atoms with Crippen molar-refractivity contribution in [1.29, 1.82) is 0 Å². The summed E-state index contributed by atoms with van der Waals surface area (Å²) in [6.07, 6.45) is 2.18. The Morgan fingerprint density at radius 1 is 1.18 bits per heavy atom. The molecule has 0 spiro atoms. The van der Waals surface area contributed by atoms with Gasteiger partial charge < -0.3 is 4.74 Å². The summed E-state index contributed by atoms with van der Waals surface area (Å²) in [5, 5.41) is 3.09. The van der Waals surface area contributed by atoms with E-state index < -0.39 is 0 Å². The molecule has 0 unspecified atom stereocenters. The van der Waals surface area contributed by atoms with Crippen LogP contribution in [0.2, 0.25) is 0 Å². The number of nitrogens with zero attached hydrogens (tertiary/aromatic N) is 2. The van der Waals surface area contributed by atoms with E-state index in [1.54, 1.807) is 19.4 Å². The molecule has 1 N–H and O–H groups in total. The van der Waals surface area contributed by atoms with E-state index in [-0.39, 0.29) is 5.56 Å². The quantitative estimate of drug-likeness (QED) is 0.804. The van der Waals surface area contributed by atoms with Crippen molar-refractivity contribution in [1.82, 2.24) is 14.8 Å². The molecule has 22 heavy (non-hydrogen) atoms. The molecule has 3 aromatic rings. The second kappa shape index (κ2) is 5.89. The van der Waals surface area contributed by atoms with Crippen LogP contribution in [0.1, 0.15) is 16.8 Å². The molecule has 2 aromatic heterocycles. The molecule has 0 aliphatic heterocycles. The minimum absolute atomic E-state index is 0.0814. The molecule has 0 radical (unpaired) electrons. The highest BCUT2D eigenvalue weighted by atomic mass is 16.5. The third-order valence-corrected chi connectivity index (χ3v) is 3.63. The van der Waals surface area contributed by atoms with E-state index in [1.807, 2.05) is 43.3 Å². The van der Waals surface area contributed by atoms with Gasteiger partial charge in [0.1, 0.15) is 5.75 Å². The van der Waals surface area contributed by atoms with Crippen LogP contribution < -0.4 is 10.3 Å². The summed E-state index contributed by atoms with van der Waals surface area (Å²) in [5.74, 6) is 1.37. The van der Waals surface area contributed by atoms with Gasteiger partial charge in [-0.3, -0.25) is 9.89 Å². The molecule has 5 heteroatoms. The smallest absolute Gasteiger partial charge is 0.276 e. The van der Waals surface area contributed by atoms with Gasteiger partial charge in [0.25, 0.3) is 5.56 Å². The van der Waals surface area contributed by atoms with Crippen molar-refractivity contribution >= 4 is 0 Å². The first kappa shape index (κ1) is 14.1. The van der Waals surface area contributed by atoms with E-state index in [2.05, 4.69) is 10.1 Å². The lowest BCUT2D eigenvalue weighted by Crippen LogP contribution is -2.18. The average molecular weight is 295 g/mol. The molecule has 2 heterocycles. The van der Waals surface area contributed by atoms with E-state index in [0.717, 1.165) is 22.6 Å². The fourth-order valence-electron chi connectivity index (χ4n) is 2.48. The number of methoxy groups -OCH3 is 1. The molecular weight excluding hydrogens is 278 g/mol. The number of H-pyrrole nitrogens is 1. The number of rotatable bonds is 4. The zero-order valence-corrected chi connectivity index (χ0v) is 12.5. The lowest BCUT2D eigenvalue weighted by Gasteiger charge is -2.06. The lowest BCUT2D eigenvalue weighted by atomic mass is 10.0. The molecule has 0 bridgehead atoms. The predicted octanol–water partition coefficient (Wildman–Crippen LogP) is 2.47. The molecule has 0 saturated carbocycles. The minimum atomic E-state index is -0.0814. The highest BCUT2D eigenvalue weighted by molar-refractivity contribution is 5.38. The first-order valence-electron chi connectivity index (χ1n) is 7.04. The molecule has 0 saturated heterocycles. The third-order valence-electron chi connectivity index (χ3n) is 3.63. The number of aromatic nitrogens is 3. The Kier molecular flexibility index (Phi) is 3.78. The number of pyridine rings is 1. The van der Waals surface area contributed by atoms with Crippen molar-refractivity contribution in [3.05, 3.63) is 75.8 Å². The Morgan fingerprint density at radius 3 is 2.68 bits per heavy atom. The van der Waals surface area contributed by atoms with Crippen LogP contribution in [0.4, 0.5) is 0 Å². The highest BCUT2D eigenvalue weighted by Gasteiger charge is 2.15. The van der Waals surface area contributed by atoms with Crippen molar-refractivity contribution in [3.63, 3.8) is 0 Å². The predicted molar refractivity (Wildman–Crippen MR) is 84.7 cm³/mol. The monoisotopic (exact) mass is 295 g/mol. The Balaban J connectivity index is 2.03. The average Bonchev–Trinajstić information content (AvgIpc) is 2.84. The van der Waals surface area contributed by atoms with Crippen molar-refractivity contribution in [2.24, 2.45) is 0 Å². The van der Waals surface area contributed by atoms with Gasteiger partial charge in [0.2, 0.25) is 0 Å². The van der Waals surface area contributed by atoms with Crippen LogP contribution in [0.15, 0.2) is 53.5 Å². The zero-order chi connectivity index (χ0) is 15.5. The molecule has 0 aliphatic carbocycles. The number of ether oxygens (including phenoxy) is 1. The molecule has 1 aromatic carbocycles. The van der Waals surface area contributed by atoms with Gasteiger partial charge in [0.05, 0.1) is 7.11 Å². The molecule has 112 valence electrons. The number of benzene rings is 1. The fraction of sp³-hybridized carbons (Fsp3) is 0.176. The largest absolute Gasteiger partial charge is 0.496 e. The van der Waals surface area contributed by atoms with Crippen molar-refractivity contribution < 1.29 is 4.74 Å². The van der Waals surface area contributed by atoms with Gasteiger partial charge in [-0.2, -0.15) is 0 Å². The van der Waals surface area contributed by atoms with Gasteiger partial charge in [0.15, 0.2) is 5.82 Å². The summed E-state index contributed by atoms with van der Waals surface area (Å²) in [5.41, 5.74) is 2.45. The van der Waals surface area contributed by atoms with Gasteiger partial charge in [-0.15, -0.1) is 0 Å². The number of para-hydroxylation sites is 1. The second-order valence-corrected chi connectivity index (χ2v) is 5.03. The molecule has 0 atom stereocenters. The van der Waals surface area contributed by atoms with Crippen LogP contribution in [-0.2, 0) is 6.42 Å². The maximum Gasteiger partial charge on any atom is 0.276 e. The Hall–Kier alpha value is -2.82. The summed E-state index contributed by atoms with van der Waals surface area (Å²) < 4.78 is 6.83. The van der Waals surface area contributed by atoms with Crippen LogP contribution in [0.5, 0.6) is 5.75 Å². The van der Waals surface area contributed by atoms with Crippen LogP contribution in [-0.4, -0.2) is 21.9 Å². The van der Waals surface area contributed by atoms with Crippen LogP contribution in [0.3, 0.4) is 0 Å². The summed E-state index contributed by atoms with van der Waals surface area (Å²) in [7, 11) is 1.63. The van der Waals surface area contributed by atoms with Crippen LogP contribution in [0.25, 0.3) is 5.82 Å². The SMILES string of the molecule is COc1ccccc1Cc1c(C)[nH]n(-c2ccccn2)c1=O. The molecule has 3 rings (SSSR count). The fourth-order valence-corrected chi connectivity index (χ4v) is 2.48. The number of aryl methyl sites for hydroxylation is 1. The van der Waals surface area contributed by atoms with Gasteiger partial charge in [-0.1, -0.05) is 24.3 Å². The zero-order valence-electron chi connectivity index (χ0n) is 12.5. The van der Waals surface area contributed by atoms with E-state index in [9.17, 15) is 4.79 Å². The van der Waals surface area contributed by atoms with Gasteiger partial charge >= 0.3 is 0 Å². The van der Waals surface area contributed by atoms with Gasteiger partial charge in [-0.25, -0.2) is 9.67 Å². The molecule has 0 fully saturated rings. The second-order valence-electron chi connectivity index (χ2n) is 5.03. The number of hydrogen-bond donors (Lipinski definition) is 1. The lowest BCUT2D eigenvalue weighted by molar-refractivity contribution is 0.410. The Bertz CT molecular complexity index is 835. The minimum Gasteiger partial charge on any atom is -0.496 e. The number of hydrogen-bond acceptors (Lipinski definition) is 3. The molecular formula is C17H17N3O2. The van der Waals surface area contributed by atoms with E-state index in [4.69, 9.17) is 4.74 Å². The Morgan fingerprint density at radius 2 is 1.95 bits per heavy atom. The topological polar surface area (TPSA) is 59.9 Å². The molecule has 0 aliphatic rings. The van der Waals surface area contributed by atoms with Crippen molar-refractivity contribution in [2.75, 3.05) is 7.11 Å². The molecule has 0 amide bonds. The first-order chi connectivity index (χ1) is 10.7. The standard InChI is InChI=1S/C17H17N3O2/c1-12-14(11-13-7-3-4-8-15(13)22-2)17(21)20(19-12)16-9-5-6-10-18-16/h3-10,19H,11H2,1-2H3. The Labute approximate surface area is 128 Å². The summed E-state index contributed by atoms with van der Waals surface area (Å²) in [4.78, 5) is 16.9. The van der Waals surface area contributed by atoms with E-state index in [1.165, 1.54) is 4.68 Å². The third kappa shape index (κ3) is 2.53. The van der Waals surface area contributed by atoms with Crippen molar-refractivity contribution in [2.45, 2.75) is 13.3 Å².